The molecule has 56 heavy (non-hydrogen) atoms. The molecule has 1 aromatic carbocycles. The third-order valence-electron chi connectivity index (χ3n) is 10.6. The van der Waals surface area contributed by atoms with Crippen molar-refractivity contribution >= 4 is 52.8 Å². The van der Waals surface area contributed by atoms with Crippen molar-refractivity contribution in [2.75, 3.05) is 31.6 Å². The van der Waals surface area contributed by atoms with Crippen molar-refractivity contribution in [1.82, 2.24) is 25.4 Å². The number of likely N-dealkylation sites (N-methyl/N-ethyl adjacent to an activating group) is 2. The lowest BCUT2D eigenvalue weighted by molar-refractivity contribution is -0.149. The number of carboxylic acids is 1. The van der Waals surface area contributed by atoms with Crippen molar-refractivity contribution in [3.63, 3.8) is 0 Å². The molecule has 17 heteroatoms. The van der Waals surface area contributed by atoms with E-state index in [2.05, 4.69) is 20.5 Å². The number of ether oxygens (including phenoxy) is 1. The monoisotopic (exact) mass is 825 g/mol. The van der Waals surface area contributed by atoms with Crippen LogP contribution in [0.25, 0.3) is 0 Å². The second kappa shape index (κ2) is 20.1. The minimum atomic E-state index is -4.52. The van der Waals surface area contributed by atoms with Gasteiger partial charge in [0.2, 0.25) is 11.8 Å². The van der Waals surface area contributed by atoms with Gasteiger partial charge in [0.1, 0.15) is 16.7 Å². The number of likely N-dealkylation sites (tertiary alicyclic amines) is 1. The predicted octanol–water partition coefficient (Wildman–Crippen LogP) is 5.81. The molecule has 6 atom stereocenters. The quantitative estimate of drug-likeness (QED) is 0.157. The molecule has 3 N–H and O–H groups in total. The zero-order valence-corrected chi connectivity index (χ0v) is 34.4. The molecular formula is C39H54F3N5O7S2. The number of carbonyl (C=O) groups excluding carboxylic acids is 4. The number of aromatic nitrogens is 1. The number of hydrogen-bond donors (Lipinski definition) is 3. The number of hydrogen-bond acceptors (Lipinski definition) is 10. The molecule has 0 radical (unpaired) electrons. The van der Waals surface area contributed by atoms with E-state index in [1.807, 2.05) is 20.8 Å². The molecule has 4 rings (SSSR count). The van der Waals surface area contributed by atoms with E-state index in [0.29, 0.717) is 10.6 Å². The van der Waals surface area contributed by atoms with Crippen LogP contribution in [0.2, 0.25) is 0 Å². The van der Waals surface area contributed by atoms with Crippen LogP contribution in [0, 0.1) is 17.8 Å². The number of alkyl halides is 3. The van der Waals surface area contributed by atoms with Gasteiger partial charge in [-0.2, -0.15) is 24.9 Å². The number of benzene rings is 1. The molecule has 0 aliphatic carbocycles. The Morgan fingerprint density at radius 1 is 1.05 bits per heavy atom. The van der Waals surface area contributed by atoms with Crippen LogP contribution in [0.5, 0.6) is 0 Å². The summed E-state index contributed by atoms with van der Waals surface area (Å²) in [5.74, 6) is -2.16. The van der Waals surface area contributed by atoms with E-state index in [1.54, 1.807) is 23.7 Å². The SMILES string of the molecule is CCN1CCCC[C@@H]1C(=O)N[C@H](C(=O)N(C)[C@H](C[C@@H](OC(C)=O)c1nc(C(=O)NC(Cc2ccc(C(F)(F)F)cc2)C[C@H](C)C(=O)O)cs1)C(C)C)C1CSC1. The number of halogens is 3. The Morgan fingerprint density at radius 3 is 2.29 bits per heavy atom. The largest absolute Gasteiger partial charge is 0.481 e. The zero-order valence-electron chi connectivity index (χ0n) is 32.8. The number of carboxylic acid groups (broad SMARTS) is 1. The van der Waals surface area contributed by atoms with E-state index in [0.717, 1.165) is 67.3 Å². The van der Waals surface area contributed by atoms with Crippen LogP contribution in [0.4, 0.5) is 13.2 Å². The molecule has 2 aliphatic rings. The first-order chi connectivity index (χ1) is 26.4. The van der Waals surface area contributed by atoms with Crippen LogP contribution < -0.4 is 10.6 Å². The summed E-state index contributed by atoms with van der Waals surface area (Å²) in [5.41, 5.74) is -0.361. The predicted molar refractivity (Wildman–Crippen MR) is 208 cm³/mol. The summed E-state index contributed by atoms with van der Waals surface area (Å²) in [6, 6.07) is 2.26. The fraction of sp³-hybridized carbons (Fsp3) is 0.641. The molecule has 1 unspecified atom stereocenters. The Kier molecular flexibility index (Phi) is 16.2. The van der Waals surface area contributed by atoms with Crippen LogP contribution in [0.1, 0.15) is 99.4 Å². The number of nitrogens with one attached hydrogen (secondary N) is 2. The third kappa shape index (κ3) is 12.2. The van der Waals surface area contributed by atoms with Crippen molar-refractivity contribution in [2.24, 2.45) is 17.8 Å². The van der Waals surface area contributed by atoms with Crippen molar-refractivity contribution in [2.45, 2.75) is 110 Å². The smallest absolute Gasteiger partial charge is 0.416 e. The maximum absolute atomic E-state index is 14.3. The molecular weight excluding hydrogens is 772 g/mol. The molecule has 0 spiro atoms. The highest BCUT2D eigenvalue weighted by atomic mass is 32.2. The minimum absolute atomic E-state index is 0.00407. The number of piperidine rings is 1. The van der Waals surface area contributed by atoms with Gasteiger partial charge in [-0.25, -0.2) is 4.98 Å². The Labute approximate surface area is 334 Å². The summed E-state index contributed by atoms with van der Waals surface area (Å²) in [6.07, 6.45) is -2.48. The molecule has 2 aromatic rings. The molecule has 1 aromatic heterocycles. The first-order valence-electron chi connectivity index (χ1n) is 19.1. The molecule has 0 bridgehead atoms. The lowest BCUT2D eigenvalue weighted by Crippen LogP contribution is -2.60. The molecule has 12 nitrogen and oxygen atoms in total. The normalized spacial score (nSPS) is 19.2. The van der Waals surface area contributed by atoms with Crippen LogP contribution in [0.15, 0.2) is 29.6 Å². The van der Waals surface area contributed by atoms with Crippen molar-refractivity contribution < 1.29 is 47.0 Å². The van der Waals surface area contributed by atoms with E-state index in [4.69, 9.17) is 4.74 Å². The Hall–Kier alpha value is -3.70. The van der Waals surface area contributed by atoms with E-state index >= 15 is 0 Å². The zero-order chi connectivity index (χ0) is 41.3. The lowest BCUT2D eigenvalue weighted by atomic mass is 9.93. The highest BCUT2D eigenvalue weighted by Crippen LogP contribution is 2.34. The van der Waals surface area contributed by atoms with E-state index in [1.165, 1.54) is 31.4 Å². The Morgan fingerprint density at radius 2 is 1.73 bits per heavy atom. The fourth-order valence-electron chi connectivity index (χ4n) is 7.26. The number of thioether (sulfide) groups is 1. The second-order valence-corrected chi connectivity index (χ2v) is 17.1. The van der Waals surface area contributed by atoms with Gasteiger partial charge in [-0.3, -0.25) is 28.9 Å². The van der Waals surface area contributed by atoms with Gasteiger partial charge in [0.05, 0.1) is 17.5 Å². The number of esters is 1. The van der Waals surface area contributed by atoms with Crippen LogP contribution in [-0.2, 0) is 36.5 Å². The van der Waals surface area contributed by atoms with Crippen LogP contribution in [0.3, 0.4) is 0 Å². The number of rotatable bonds is 18. The molecule has 310 valence electrons. The van der Waals surface area contributed by atoms with Gasteiger partial charge in [-0.05, 0) is 73.9 Å². The summed E-state index contributed by atoms with van der Waals surface area (Å²) in [5, 5.41) is 17.3. The average molecular weight is 826 g/mol. The first-order valence-corrected chi connectivity index (χ1v) is 21.1. The van der Waals surface area contributed by atoms with Crippen LogP contribution >= 0.6 is 23.1 Å². The Bertz CT molecular complexity index is 1670. The standard InChI is InChI=1S/C39H54F3N5O7S2/c1-7-47-15-9-8-10-30(47)35(50)45-33(26-19-55-20-26)37(51)46(6)31(22(2)3)18-32(54-24(5)48)36-44-29(21-56-36)34(49)43-28(16-23(4)38(52)53)17-25-11-13-27(14-12-25)39(40,41)42/h11-14,21-23,26,28,30-33H,7-10,15-20H2,1-6H3,(H,43,49)(H,45,50)(H,52,53)/t23-,28?,30+,31+,32+,33-/m0/s1. The molecule has 0 saturated carbocycles. The highest BCUT2D eigenvalue weighted by Gasteiger charge is 2.41. The van der Waals surface area contributed by atoms with E-state index < -0.39 is 59.7 Å². The topological polar surface area (TPSA) is 158 Å². The van der Waals surface area contributed by atoms with E-state index in [-0.39, 0.29) is 54.6 Å². The molecule has 2 fully saturated rings. The summed E-state index contributed by atoms with van der Waals surface area (Å²) < 4.78 is 45.1. The van der Waals surface area contributed by atoms with Gasteiger partial charge in [-0.1, -0.05) is 46.2 Å². The maximum Gasteiger partial charge on any atom is 0.416 e. The summed E-state index contributed by atoms with van der Waals surface area (Å²) in [6.45, 7) is 10.2. The van der Waals surface area contributed by atoms with Crippen molar-refractivity contribution in [3.8, 4) is 0 Å². The van der Waals surface area contributed by atoms with Crippen molar-refractivity contribution in [3.05, 3.63) is 51.5 Å². The van der Waals surface area contributed by atoms with Gasteiger partial charge in [0.25, 0.3) is 5.91 Å². The minimum Gasteiger partial charge on any atom is -0.481 e. The number of carbonyl (C=O) groups is 5. The average Bonchev–Trinajstić information content (AvgIpc) is 3.62. The Balaban J connectivity index is 1.51. The number of amides is 3. The second-order valence-electron chi connectivity index (χ2n) is 15.1. The fourth-order valence-corrected chi connectivity index (χ4v) is 8.99. The summed E-state index contributed by atoms with van der Waals surface area (Å²) in [7, 11) is 1.69. The lowest BCUT2D eigenvalue weighted by Gasteiger charge is -2.41. The highest BCUT2D eigenvalue weighted by molar-refractivity contribution is 8.00. The summed E-state index contributed by atoms with van der Waals surface area (Å²) >= 11 is 2.81. The first kappa shape index (κ1) is 45.0. The number of thiazole rings is 1. The van der Waals surface area contributed by atoms with Gasteiger partial charge in [0, 0.05) is 43.8 Å². The van der Waals surface area contributed by atoms with Gasteiger partial charge >= 0.3 is 18.1 Å². The maximum atomic E-state index is 14.3. The van der Waals surface area contributed by atoms with Gasteiger partial charge in [-0.15, -0.1) is 11.3 Å². The van der Waals surface area contributed by atoms with Crippen molar-refractivity contribution in [1.29, 1.82) is 0 Å². The molecule has 2 aliphatic heterocycles. The summed E-state index contributed by atoms with van der Waals surface area (Å²) in [4.78, 5) is 73.7. The number of nitrogens with zero attached hydrogens (tertiary/aromatic N) is 3. The van der Waals surface area contributed by atoms with E-state index in [9.17, 15) is 42.3 Å². The number of aliphatic carboxylic acids is 1. The van der Waals surface area contributed by atoms with Gasteiger partial charge < -0.3 is 25.4 Å². The van der Waals surface area contributed by atoms with Gasteiger partial charge in [0.15, 0.2) is 6.10 Å². The molecule has 3 amide bonds. The third-order valence-corrected chi connectivity index (χ3v) is 12.9. The van der Waals surface area contributed by atoms with Crippen LogP contribution in [-0.4, -0.2) is 105 Å². The molecule has 2 saturated heterocycles. The molecule has 3 heterocycles.